The molecule has 0 atom stereocenters. The highest BCUT2D eigenvalue weighted by atomic mass is 79.9. The van der Waals surface area contributed by atoms with Gasteiger partial charge in [0, 0.05) is 15.6 Å². The van der Waals surface area contributed by atoms with E-state index in [9.17, 15) is 9.90 Å². The summed E-state index contributed by atoms with van der Waals surface area (Å²) in [4.78, 5) is 15.9. The molecular weight excluding hydrogens is 330 g/mol. The zero-order chi connectivity index (χ0) is 15.0. The largest absolute Gasteiger partial charge is 0.478 e. The lowest BCUT2D eigenvalue weighted by molar-refractivity contribution is 0.0697. The lowest BCUT2D eigenvalue weighted by atomic mass is 9.98. The van der Waals surface area contributed by atoms with Gasteiger partial charge in [-0.15, -0.1) is 0 Å². The van der Waals surface area contributed by atoms with Gasteiger partial charge in [-0.05, 0) is 48.4 Å². The SMILES string of the molecule is Cc1ccc2cc(-c3ccc(Br)cc3C(=O)O)ccc2n1. The van der Waals surface area contributed by atoms with Gasteiger partial charge in [0.15, 0.2) is 0 Å². The lowest BCUT2D eigenvalue weighted by Crippen LogP contribution is -1.99. The average molecular weight is 342 g/mol. The van der Waals surface area contributed by atoms with Crippen LogP contribution < -0.4 is 0 Å². The Bertz CT molecular complexity index is 859. The second-order valence-corrected chi connectivity index (χ2v) is 5.77. The van der Waals surface area contributed by atoms with Crippen LogP contribution in [-0.2, 0) is 0 Å². The third-order valence-corrected chi connectivity index (χ3v) is 3.84. The molecule has 0 aliphatic rings. The molecule has 1 aromatic heterocycles. The molecule has 0 amide bonds. The van der Waals surface area contributed by atoms with E-state index < -0.39 is 5.97 Å². The molecule has 1 heterocycles. The monoisotopic (exact) mass is 341 g/mol. The van der Waals surface area contributed by atoms with E-state index in [0.717, 1.165) is 26.6 Å². The molecule has 0 bridgehead atoms. The molecule has 0 aliphatic heterocycles. The lowest BCUT2D eigenvalue weighted by Gasteiger charge is -2.08. The Balaban J connectivity index is 2.21. The first-order valence-electron chi connectivity index (χ1n) is 6.45. The molecule has 3 nitrogen and oxygen atoms in total. The van der Waals surface area contributed by atoms with Crippen LogP contribution in [-0.4, -0.2) is 16.1 Å². The van der Waals surface area contributed by atoms with E-state index >= 15 is 0 Å². The number of halogens is 1. The first kappa shape index (κ1) is 13.8. The van der Waals surface area contributed by atoms with Crippen LogP contribution in [0.4, 0.5) is 0 Å². The van der Waals surface area contributed by atoms with Crippen LogP contribution >= 0.6 is 15.9 Å². The van der Waals surface area contributed by atoms with Crippen molar-refractivity contribution in [1.29, 1.82) is 0 Å². The Morgan fingerprint density at radius 2 is 1.90 bits per heavy atom. The number of fused-ring (bicyclic) bond motifs is 1. The van der Waals surface area contributed by atoms with Gasteiger partial charge in [0.05, 0.1) is 11.1 Å². The quantitative estimate of drug-likeness (QED) is 0.736. The van der Waals surface area contributed by atoms with Gasteiger partial charge in [-0.3, -0.25) is 4.98 Å². The van der Waals surface area contributed by atoms with Gasteiger partial charge in [-0.2, -0.15) is 0 Å². The molecule has 3 aromatic rings. The molecule has 0 unspecified atom stereocenters. The maximum Gasteiger partial charge on any atom is 0.336 e. The van der Waals surface area contributed by atoms with Crippen LogP contribution in [0.1, 0.15) is 16.1 Å². The summed E-state index contributed by atoms with van der Waals surface area (Å²) < 4.78 is 0.752. The highest BCUT2D eigenvalue weighted by Gasteiger charge is 2.12. The van der Waals surface area contributed by atoms with E-state index in [-0.39, 0.29) is 5.56 Å². The number of benzene rings is 2. The summed E-state index contributed by atoms with van der Waals surface area (Å²) in [5.41, 5.74) is 3.73. The molecule has 0 fully saturated rings. The van der Waals surface area contributed by atoms with E-state index in [2.05, 4.69) is 20.9 Å². The predicted molar refractivity (Wildman–Crippen MR) is 86.6 cm³/mol. The van der Waals surface area contributed by atoms with E-state index in [1.165, 1.54) is 0 Å². The fourth-order valence-corrected chi connectivity index (χ4v) is 2.70. The Morgan fingerprint density at radius 1 is 1.10 bits per heavy atom. The van der Waals surface area contributed by atoms with E-state index in [1.807, 2.05) is 49.4 Å². The number of hydrogen-bond acceptors (Lipinski definition) is 2. The smallest absolute Gasteiger partial charge is 0.336 e. The normalized spacial score (nSPS) is 10.8. The summed E-state index contributed by atoms with van der Waals surface area (Å²) in [5.74, 6) is -0.937. The standard InChI is InChI=1S/C17H12BrNO2/c1-10-2-3-12-8-11(4-7-16(12)19-10)14-6-5-13(18)9-15(14)17(20)21/h2-9H,1H3,(H,20,21). The van der Waals surface area contributed by atoms with Crippen LogP contribution in [0.15, 0.2) is 53.0 Å². The summed E-state index contributed by atoms with van der Waals surface area (Å²) in [6.07, 6.45) is 0. The van der Waals surface area contributed by atoms with Crippen molar-refractivity contribution in [3.63, 3.8) is 0 Å². The van der Waals surface area contributed by atoms with Gasteiger partial charge in [-0.1, -0.05) is 34.1 Å². The van der Waals surface area contributed by atoms with E-state index in [4.69, 9.17) is 0 Å². The number of hydrogen-bond donors (Lipinski definition) is 1. The van der Waals surface area contributed by atoms with Gasteiger partial charge >= 0.3 is 5.97 Å². The van der Waals surface area contributed by atoms with E-state index in [0.29, 0.717) is 5.56 Å². The minimum absolute atomic E-state index is 0.281. The van der Waals surface area contributed by atoms with Gasteiger partial charge in [0.2, 0.25) is 0 Å². The van der Waals surface area contributed by atoms with Crippen molar-refractivity contribution in [3.05, 3.63) is 64.3 Å². The fraction of sp³-hybridized carbons (Fsp3) is 0.0588. The van der Waals surface area contributed by atoms with Gasteiger partial charge in [0.25, 0.3) is 0 Å². The zero-order valence-electron chi connectivity index (χ0n) is 11.3. The average Bonchev–Trinajstić information content (AvgIpc) is 2.46. The van der Waals surface area contributed by atoms with E-state index in [1.54, 1.807) is 6.07 Å². The maximum atomic E-state index is 11.4. The van der Waals surface area contributed by atoms with Gasteiger partial charge < -0.3 is 5.11 Å². The third kappa shape index (κ3) is 2.67. The Hall–Kier alpha value is -2.20. The van der Waals surface area contributed by atoms with Crippen molar-refractivity contribution >= 4 is 32.8 Å². The minimum Gasteiger partial charge on any atom is -0.478 e. The molecule has 0 saturated heterocycles. The van der Waals surface area contributed by atoms with Crippen LogP contribution in [0.2, 0.25) is 0 Å². The molecular formula is C17H12BrNO2. The summed E-state index contributed by atoms with van der Waals surface area (Å²) in [5, 5.41) is 10.4. The van der Waals surface area contributed by atoms with Crippen molar-refractivity contribution in [2.75, 3.05) is 0 Å². The molecule has 0 radical (unpaired) electrons. The van der Waals surface area contributed by atoms with Crippen LogP contribution in [0, 0.1) is 6.92 Å². The first-order chi connectivity index (χ1) is 10.0. The number of aromatic nitrogens is 1. The molecule has 1 N–H and O–H groups in total. The van der Waals surface area contributed by atoms with Crippen LogP contribution in [0.25, 0.3) is 22.0 Å². The molecule has 104 valence electrons. The molecule has 3 rings (SSSR count). The predicted octanol–water partition coefficient (Wildman–Crippen LogP) is 4.67. The number of rotatable bonds is 2. The summed E-state index contributed by atoms with van der Waals surface area (Å²) in [7, 11) is 0. The number of pyridine rings is 1. The number of carboxylic acid groups (broad SMARTS) is 1. The Kier molecular flexibility index (Phi) is 3.47. The second kappa shape index (κ2) is 5.30. The van der Waals surface area contributed by atoms with Crippen molar-refractivity contribution in [1.82, 2.24) is 4.98 Å². The maximum absolute atomic E-state index is 11.4. The first-order valence-corrected chi connectivity index (χ1v) is 7.24. The van der Waals surface area contributed by atoms with Crippen molar-refractivity contribution in [2.45, 2.75) is 6.92 Å². The fourth-order valence-electron chi connectivity index (χ4n) is 2.34. The molecule has 2 aromatic carbocycles. The number of carbonyl (C=O) groups is 1. The molecule has 4 heteroatoms. The molecule has 0 spiro atoms. The molecule has 21 heavy (non-hydrogen) atoms. The van der Waals surface area contributed by atoms with Crippen molar-refractivity contribution in [2.24, 2.45) is 0 Å². The Morgan fingerprint density at radius 3 is 2.67 bits per heavy atom. The summed E-state index contributed by atoms with van der Waals surface area (Å²) in [6, 6.07) is 15.0. The third-order valence-electron chi connectivity index (χ3n) is 3.35. The number of nitrogens with zero attached hydrogens (tertiary/aromatic N) is 1. The van der Waals surface area contributed by atoms with Gasteiger partial charge in [0.1, 0.15) is 0 Å². The topological polar surface area (TPSA) is 50.2 Å². The number of aryl methyl sites for hydroxylation is 1. The molecule has 0 saturated carbocycles. The van der Waals surface area contributed by atoms with Crippen LogP contribution in [0.5, 0.6) is 0 Å². The zero-order valence-corrected chi connectivity index (χ0v) is 12.9. The summed E-state index contributed by atoms with van der Waals surface area (Å²) in [6.45, 7) is 1.95. The summed E-state index contributed by atoms with van der Waals surface area (Å²) >= 11 is 3.31. The number of carboxylic acids is 1. The van der Waals surface area contributed by atoms with Crippen LogP contribution in [0.3, 0.4) is 0 Å². The van der Waals surface area contributed by atoms with Gasteiger partial charge in [-0.25, -0.2) is 4.79 Å². The second-order valence-electron chi connectivity index (χ2n) is 4.86. The Labute approximate surface area is 130 Å². The highest BCUT2D eigenvalue weighted by Crippen LogP contribution is 2.29. The van der Waals surface area contributed by atoms with Crippen molar-refractivity contribution < 1.29 is 9.90 Å². The minimum atomic E-state index is -0.937. The van der Waals surface area contributed by atoms with Crippen molar-refractivity contribution in [3.8, 4) is 11.1 Å². The number of aromatic carboxylic acids is 1. The molecule has 0 aliphatic carbocycles. The highest BCUT2D eigenvalue weighted by molar-refractivity contribution is 9.10.